The van der Waals surface area contributed by atoms with E-state index in [1.54, 1.807) is 0 Å². The third-order valence-electron chi connectivity index (χ3n) is 4.33. The Morgan fingerprint density at radius 3 is 3.00 bits per heavy atom. The summed E-state index contributed by atoms with van der Waals surface area (Å²) in [6.45, 7) is 4.98. The molecule has 2 aliphatic rings. The van der Waals surface area contributed by atoms with E-state index in [9.17, 15) is 5.11 Å². The van der Waals surface area contributed by atoms with Gasteiger partial charge >= 0.3 is 0 Å². The molecular weight excluding hydrogens is 238 g/mol. The first-order chi connectivity index (χ1) is 9.12. The first kappa shape index (κ1) is 12.9. The number of likely N-dealkylation sites (tertiary alicyclic amines) is 1. The molecule has 0 radical (unpaired) electrons. The Morgan fingerprint density at radius 1 is 1.32 bits per heavy atom. The SMILES string of the molecule is CC1(O)CCCN(CC2Cc3ccccc3O2)CC1. The molecule has 1 aromatic rings. The van der Waals surface area contributed by atoms with E-state index in [-0.39, 0.29) is 6.10 Å². The van der Waals surface area contributed by atoms with Gasteiger partial charge in [0.1, 0.15) is 11.9 Å². The lowest BCUT2D eigenvalue weighted by Crippen LogP contribution is -2.36. The number of benzene rings is 1. The van der Waals surface area contributed by atoms with Gasteiger partial charge in [0.05, 0.1) is 5.60 Å². The lowest BCUT2D eigenvalue weighted by Gasteiger charge is -2.24. The Labute approximate surface area is 115 Å². The summed E-state index contributed by atoms with van der Waals surface area (Å²) in [4.78, 5) is 2.44. The molecule has 0 amide bonds. The number of para-hydroxylation sites is 1. The highest BCUT2D eigenvalue weighted by Crippen LogP contribution is 2.29. The summed E-state index contributed by atoms with van der Waals surface area (Å²) in [5.74, 6) is 1.05. The zero-order valence-corrected chi connectivity index (χ0v) is 11.6. The van der Waals surface area contributed by atoms with E-state index in [0.29, 0.717) is 0 Å². The average molecular weight is 261 g/mol. The Bertz CT molecular complexity index is 419. The van der Waals surface area contributed by atoms with E-state index in [1.807, 2.05) is 13.0 Å². The Balaban J connectivity index is 1.56. The fourth-order valence-electron chi connectivity index (χ4n) is 3.15. The molecule has 1 N–H and O–H groups in total. The highest BCUT2D eigenvalue weighted by Gasteiger charge is 2.28. The molecule has 0 aromatic heterocycles. The maximum atomic E-state index is 10.1. The van der Waals surface area contributed by atoms with Crippen molar-refractivity contribution in [3.63, 3.8) is 0 Å². The van der Waals surface area contributed by atoms with Crippen LogP contribution in [0.5, 0.6) is 5.75 Å². The van der Waals surface area contributed by atoms with Crippen LogP contribution in [0.3, 0.4) is 0 Å². The van der Waals surface area contributed by atoms with E-state index in [2.05, 4.69) is 23.1 Å². The molecule has 1 aromatic carbocycles. The molecule has 3 rings (SSSR count). The number of hydrogen-bond acceptors (Lipinski definition) is 3. The molecule has 0 aliphatic carbocycles. The molecule has 3 nitrogen and oxygen atoms in total. The van der Waals surface area contributed by atoms with Gasteiger partial charge < -0.3 is 9.84 Å². The molecule has 104 valence electrons. The summed E-state index contributed by atoms with van der Waals surface area (Å²) in [6.07, 6.45) is 4.15. The van der Waals surface area contributed by atoms with Gasteiger partial charge in [-0.15, -0.1) is 0 Å². The van der Waals surface area contributed by atoms with Gasteiger partial charge in [0.2, 0.25) is 0 Å². The fraction of sp³-hybridized carbons (Fsp3) is 0.625. The van der Waals surface area contributed by atoms with Gasteiger partial charge in [0.25, 0.3) is 0 Å². The number of rotatable bonds is 2. The normalized spacial score (nSPS) is 31.6. The molecule has 2 aliphatic heterocycles. The van der Waals surface area contributed by atoms with Crippen molar-refractivity contribution in [1.29, 1.82) is 0 Å². The van der Waals surface area contributed by atoms with Crippen LogP contribution in [0.15, 0.2) is 24.3 Å². The number of hydrogen-bond donors (Lipinski definition) is 1. The number of aliphatic hydroxyl groups is 1. The third-order valence-corrected chi connectivity index (χ3v) is 4.33. The highest BCUT2D eigenvalue weighted by molar-refractivity contribution is 5.37. The zero-order valence-electron chi connectivity index (χ0n) is 11.6. The Kier molecular flexibility index (Phi) is 3.50. The van der Waals surface area contributed by atoms with Crippen molar-refractivity contribution in [3.8, 4) is 5.75 Å². The monoisotopic (exact) mass is 261 g/mol. The van der Waals surface area contributed by atoms with Gasteiger partial charge in [-0.3, -0.25) is 4.90 Å². The summed E-state index contributed by atoms with van der Waals surface area (Å²) < 4.78 is 6.00. The van der Waals surface area contributed by atoms with Crippen molar-refractivity contribution in [2.75, 3.05) is 19.6 Å². The first-order valence-corrected chi connectivity index (χ1v) is 7.32. The second-order valence-corrected chi connectivity index (χ2v) is 6.20. The molecular formula is C16H23NO2. The number of fused-ring (bicyclic) bond motifs is 1. The molecule has 3 heteroatoms. The van der Waals surface area contributed by atoms with E-state index < -0.39 is 5.60 Å². The Morgan fingerprint density at radius 2 is 2.16 bits per heavy atom. The first-order valence-electron chi connectivity index (χ1n) is 7.32. The second-order valence-electron chi connectivity index (χ2n) is 6.20. The van der Waals surface area contributed by atoms with Gasteiger partial charge in [-0.1, -0.05) is 18.2 Å². The van der Waals surface area contributed by atoms with Crippen LogP contribution in [-0.2, 0) is 6.42 Å². The largest absolute Gasteiger partial charge is 0.488 e. The molecule has 2 heterocycles. The van der Waals surface area contributed by atoms with E-state index in [4.69, 9.17) is 4.74 Å². The van der Waals surface area contributed by atoms with Gasteiger partial charge in [0, 0.05) is 19.5 Å². The lowest BCUT2D eigenvalue weighted by atomic mass is 9.98. The van der Waals surface area contributed by atoms with Crippen molar-refractivity contribution >= 4 is 0 Å². The summed E-state index contributed by atoms with van der Waals surface area (Å²) in [6, 6.07) is 8.32. The smallest absolute Gasteiger partial charge is 0.123 e. The maximum Gasteiger partial charge on any atom is 0.123 e. The summed E-state index contributed by atoms with van der Waals surface area (Å²) in [5.41, 5.74) is 0.850. The minimum atomic E-state index is -0.478. The molecule has 1 saturated heterocycles. The van der Waals surface area contributed by atoms with Gasteiger partial charge in [0.15, 0.2) is 0 Å². The van der Waals surface area contributed by atoms with Crippen LogP contribution in [-0.4, -0.2) is 41.3 Å². The highest BCUT2D eigenvalue weighted by atomic mass is 16.5. The van der Waals surface area contributed by atoms with E-state index in [0.717, 1.165) is 51.1 Å². The van der Waals surface area contributed by atoms with Crippen molar-refractivity contribution < 1.29 is 9.84 Å². The van der Waals surface area contributed by atoms with Gasteiger partial charge in [-0.25, -0.2) is 0 Å². The number of ether oxygens (including phenoxy) is 1. The van der Waals surface area contributed by atoms with Crippen LogP contribution in [0.1, 0.15) is 31.7 Å². The van der Waals surface area contributed by atoms with Crippen LogP contribution >= 0.6 is 0 Å². The molecule has 19 heavy (non-hydrogen) atoms. The fourth-order valence-corrected chi connectivity index (χ4v) is 3.15. The van der Waals surface area contributed by atoms with Crippen molar-refractivity contribution in [3.05, 3.63) is 29.8 Å². The topological polar surface area (TPSA) is 32.7 Å². The molecule has 2 atom stereocenters. The summed E-state index contributed by atoms with van der Waals surface area (Å²) >= 11 is 0. The average Bonchev–Trinajstić information content (AvgIpc) is 2.69. The van der Waals surface area contributed by atoms with Crippen molar-refractivity contribution in [2.45, 2.75) is 44.3 Å². The molecule has 0 bridgehead atoms. The van der Waals surface area contributed by atoms with Crippen LogP contribution in [0.2, 0.25) is 0 Å². The van der Waals surface area contributed by atoms with E-state index >= 15 is 0 Å². The standard InChI is InChI=1S/C16H23NO2/c1-16(18)7-4-9-17(10-8-16)12-14-11-13-5-2-3-6-15(13)19-14/h2-3,5-6,14,18H,4,7-12H2,1H3. The zero-order chi connectivity index (χ0) is 13.3. The molecule has 0 spiro atoms. The maximum absolute atomic E-state index is 10.1. The predicted octanol–water partition coefficient (Wildman–Crippen LogP) is 2.23. The Hall–Kier alpha value is -1.06. The minimum Gasteiger partial charge on any atom is -0.488 e. The lowest BCUT2D eigenvalue weighted by molar-refractivity contribution is 0.0432. The van der Waals surface area contributed by atoms with Crippen LogP contribution in [0, 0.1) is 0 Å². The van der Waals surface area contributed by atoms with Crippen LogP contribution in [0.25, 0.3) is 0 Å². The summed E-state index contributed by atoms with van der Waals surface area (Å²) in [5, 5.41) is 10.1. The second kappa shape index (κ2) is 5.14. The van der Waals surface area contributed by atoms with Gasteiger partial charge in [-0.05, 0) is 44.4 Å². The number of nitrogens with zero attached hydrogens (tertiary/aromatic N) is 1. The van der Waals surface area contributed by atoms with Crippen molar-refractivity contribution in [1.82, 2.24) is 4.90 Å². The minimum absolute atomic E-state index is 0.278. The molecule has 0 saturated carbocycles. The third kappa shape index (κ3) is 3.10. The van der Waals surface area contributed by atoms with Crippen molar-refractivity contribution in [2.24, 2.45) is 0 Å². The quantitative estimate of drug-likeness (QED) is 0.886. The van der Waals surface area contributed by atoms with Crippen LogP contribution < -0.4 is 4.74 Å². The van der Waals surface area contributed by atoms with E-state index in [1.165, 1.54) is 5.56 Å². The van der Waals surface area contributed by atoms with Gasteiger partial charge in [-0.2, -0.15) is 0 Å². The molecule has 1 fully saturated rings. The van der Waals surface area contributed by atoms with Crippen LogP contribution in [0.4, 0.5) is 0 Å². The molecule has 2 unspecified atom stereocenters. The predicted molar refractivity (Wildman–Crippen MR) is 75.5 cm³/mol. The summed E-state index contributed by atoms with van der Waals surface area (Å²) in [7, 11) is 0.